The minimum absolute atomic E-state index is 0.286. The molecule has 0 saturated carbocycles. The Morgan fingerprint density at radius 2 is 2.07 bits per heavy atom. The van der Waals surface area contributed by atoms with Crippen LogP contribution in [0, 0.1) is 11.3 Å². The molecule has 1 fully saturated rings. The van der Waals surface area contributed by atoms with E-state index in [2.05, 4.69) is 37.8 Å². The summed E-state index contributed by atoms with van der Waals surface area (Å²) in [4.78, 5) is 12.2. The number of nitrogen functional groups attached to an aromatic ring is 1. The van der Waals surface area contributed by atoms with Crippen LogP contribution < -0.4 is 10.6 Å². The molecule has 0 amide bonds. The zero-order valence-corrected chi connectivity index (χ0v) is 17.8. The maximum atomic E-state index is 9.88. The summed E-state index contributed by atoms with van der Waals surface area (Å²) >= 11 is 0. The minimum atomic E-state index is 0.286. The SMILES string of the molecule is CCc1nc2c(c(N3CCC3)n1)CCC(c1c(C(C)CC)ccc(N)c1C#N)C2. The highest BCUT2D eigenvalue weighted by molar-refractivity contribution is 5.63. The first kappa shape index (κ1) is 19.7. The number of aromatic nitrogens is 2. The molecule has 0 spiro atoms. The van der Waals surface area contributed by atoms with E-state index in [9.17, 15) is 5.26 Å². The normalized spacial score (nSPS) is 19.2. The van der Waals surface area contributed by atoms with Gasteiger partial charge in [0.2, 0.25) is 0 Å². The van der Waals surface area contributed by atoms with Gasteiger partial charge in [0.15, 0.2) is 0 Å². The van der Waals surface area contributed by atoms with Crippen LogP contribution in [0.25, 0.3) is 0 Å². The Labute approximate surface area is 174 Å². The second kappa shape index (κ2) is 8.02. The van der Waals surface area contributed by atoms with Gasteiger partial charge in [-0.3, -0.25) is 0 Å². The molecule has 2 unspecified atom stereocenters. The van der Waals surface area contributed by atoms with Gasteiger partial charge >= 0.3 is 0 Å². The number of hydrogen-bond donors (Lipinski definition) is 1. The molecule has 1 aromatic carbocycles. The van der Waals surface area contributed by atoms with Crippen LogP contribution in [0.1, 0.15) is 85.6 Å². The average Bonchev–Trinajstić information content (AvgIpc) is 2.70. The molecular formula is C24H31N5. The number of nitrogens with two attached hydrogens (primary N) is 1. The van der Waals surface area contributed by atoms with Crippen molar-refractivity contribution >= 4 is 11.5 Å². The van der Waals surface area contributed by atoms with Crippen LogP contribution in [0.3, 0.4) is 0 Å². The molecule has 2 aromatic rings. The molecule has 4 rings (SSSR count). The first-order chi connectivity index (χ1) is 14.1. The number of nitrogens with zero attached hydrogens (tertiary/aromatic N) is 4. The lowest BCUT2D eigenvalue weighted by Gasteiger charge is -2.36. The molecule has 29 heavy (non-hydrogen) atoms. The fourth-order valence-electron chi connectivity index (χ4n) is 4.71. The summed E-state index contributed by atoms with van der Waals surface area (Å²) < 4.78 is 0. The minimum Gasteiger partial charge on any atom is -0.398 e. The first-order valence-electron chi connectivity index (χ1n) is 11.0. The van der Waals surface area contributed by atoms with E-state index < -0.39 is 0 Å². The lowest BCUT2D eigenvalue weighted by molar-refractivity contribution is 0.543. The van der Waals surface area contributed by atoms with Gasteiger partial charge in [-0.1, -0.05) is 26.8 Å². The van der Waals surface area contributed by atoms with Crippen molar-refractivity contribution in [1.29, 1.82) is 5.26 Å². The Kier molecular flexibility index (Phi) is 5.45. The fraction of sp³-hybridized carbons (Fsp3) is 0.542. The molecule has 0 bridgehead atoms. The summed E-state index contributed by atoms with van der Waals surface area (Å²) in [6.45, 7) is 8.76. The van der Waals surface area contributed by atoms with Crippen molar-refractivity contribution in [3.63, 3.8) is 0 Å². The Hall–Kier alpha value is -2.61. The predicted octanol–water partition coefficient (Wildman–Crippen LogP) is 4.49. The van der Waals surface area contributed by atoms with E-state index in [0.717, 1.165) is 62.4 Å². The Morgan fingerprint density at radius 1 is 1.28 bits per heavy atom. The quantitative estimate of drug-likeness (QED) is 0.762. The molecule has 2 atom stereocenters. The number of rotatable bonds is 5. The van der Waals surface area contributed by atoms with Crippen molar-refractivity contribution in [2.75, 3.05) is 23.7 Å². The third-order valence-corrected chi connectivity index (χ3v) is 6.75. The van der Waals surface area contributed by atoms with Crippen LogP contribution in [-0.4, -0.2) is 23.1 Å². The molecule has 1 aliphatic heterocycles. The largest absolute Gasteiger partial charge is 0.398 e. The van der Waals surface area contributed by atoms with E-state index in [-0.39, 0.29) is 5.92 Å². The summed E-state index contributed by atoms with van der Waals surface area (Å²) in [5, 5.41) is 9.88. The second-order valence-electron chi connectivity index (χ2n) is 8.48. The number of nitriles is 1. The molecule has 2 heterocycles. The van der Waals surface area contributed by atoms with E-state index in [1.807, 2.05) is 6.07 Å². The van der Waals surface area contributed by atoms with Crippen molar-refractivity contribution in [3.05, 3.63) is 45.9 Å². The van der Waals surface area contributed by atoms with Crippen molar-refractivity contribution in [1.82, 2.24) is 9.97 Å². The molecule has 152 valence electrons. The second-order valence-corrected chi connectivity index (χ2v) is 8.48. The lowest BCUT2D eigenvalue weighted by Crippen LogP contribution is -2.39. The molecule has 1 saturated heterocycles. The van der Waals surface area contributed by atoms with E-state index in [4.69, 9.17) is 15.7 Å². The smallest absolute Gasteiger partial charge is 0.135 e. The predicted molar refractivity (Wildman–Crippen MR) is 117 cm³/mol. The van der Waals surface area contributed by atoms with Crippen molar-refractivity contribution in [2.24, 2.45) is 0 Å². The summed E-state index contributed by atoms with van der Waals surface area (Å²) in [7, 11) is 0. The fourth-order valence-corrected chi connectivity index (χ4v) is 4.71. The van der Waals surface area contributed by atoms with Crippen LogP contribution in [0.15, 0.2) is 12.1 Å². The average molecular weight is 390 g/mol. The number of benzene rings is 1. The third-order valence-electron chi connectivity index (χ3n) is 6.75. The monoisotopic (exact) mass is 389 g/mol. The van der Waals surface area contributed by atoms with Crippen LogP contribution >= 0.6 is 0 Å². The van der Waals surface area contributed by atoms with Gasteiger partial charge in [-0.2, -0.15) is 5.26 Å². The highest BCUT2D eigenvalue weighted by atomic mass is 15.2. The van der Waals surface area contributed by atoms with Crippen LogP contribution in [-0.2, 0) is 19.3 Å². The van der Waals surface area contributed by atoms with Gasteiger partial charge in [-0.25, -0.2) is 9.97 Å². The maximum Gasteiger partial charge on any atom is 0.135 e. The van der Waals surface area contributed by atoms with Gasteiger partial charge in [-0.15, -0.1) is 0 Å². The van der Waals surface area contributed by atoms with Gasteiger partial charge in [0, 0.05) is 30.8 Å². The molecule has 0 radical (unpaired) electrons. The molecule has 1 aromatic heterocycles. The molecule has 2 aliphatic rings. The summed E-state index contributed by atoms with van der Waals surface area (Å²) in [6.07, 6.45) is 5.99. The van der Waals surface area contributed by atoms with Crippen LogP contribution in [0.2, 0.25) is 0 Å². The Bertz CT molecular complexity index is 955. The lowest BCUT2D eigenvalue weighted by atomic mass is 9.76. The van der Waals surface area contributed by atoms with Gasteiger partial charge in [0.05, 0.1) is 11.3 Å². The van der Waals surface area contributed by atoms with E-state index in [1.54, 1.807) is 0 Å². The topological polar surface area (TPSA) is 78.8 Å². The van der Waals surface area contributed by atoms with Crippen molar-refractivity contribution in [2.45, 2.75) is 71.1 Å². The van der Waals surface area contributed by atoms with Crippen LogP contribution in [0.5, 0.6) is 0 Å². The highest BCUT2D eigenvalue weighted by Crippen LogP contribution is 2.42. The van der Waals surface area contributed by atoms with Crippen LogP contribution in [0.4, 0.5) is 11.5 Å². The molecule has 5 heteroatoms. The van der Waals surface area contributed by atoms with Gasteiger partial charge in [0.25, 0.3) is 0 Å². The standard InChI is InChI=1S/C24H31N5/c1-4-15(3)17-9-10-20(26)19(14-25)23(17)16-7-8-18-21(13-16)27-22(5-2)28-24(18)29-11-6-12-29/h9-10,15-16H,4-8,11-13,26H2,1-3H3. The Morgan fingerprint density at radius 3 is 2.69 bits per heavy atom. The van der Waals surface area contributed by atoms with Gasteiger partial charge in [0.1, 0.15) is 17.7 Å². The van der Waals surface area contributed by atoms with Gasteiger partial charge in [-0.05, 0) is 61.1 Å². The molecule has 1 aliphatic carbocycles. The third kappa shape index (κ3) is 3.46. The highest BCUT2D eigenvalue weighted by Gasteiger charge is 2.31. The molecule has 2 N–H and O–H groups in total. The summed E-state index contributed by atoms with van der Waals surface area (Å²) in [5.41, 5.74) is 12.4. The van der Waals surface area contributed by atoms with E-state index in [0.29, 0.717) is 17.2 Å². The van der Waals surface area contributed by atoms with Gasteiger partial charge < -0.3 is 10.6 Å². The van der Waals surface area contributed by atoms with E-state index in [1.165, 1.54) is 23.2 Å². The molecular weight excluding hydrogens is 358 g/mol. The summed E-state index contributed by atoms with van der Waals surface area (Å²) in [5.74, 6) is 2.79. The van der Waals surface area contributed by atoms with E-state index >= 15 is 0 Å². The zero-order valence-electron chi connectivity index (χ0n) is 17.8. The molecule has 5 nitrogen and oxygen atoms in total. The van der Waals surface area contributed by atoms with Crippen molar-refractivity contribution < 1.29 is 0 Å². The number of anilines is 2. The number of hydrogen-bond acceptors (Lipinski definition) is 5. The zero-order chi connectivity index (χ0) is 20.5. The van der Waals surface area contributed by atoms with Crippen molar-refractivity contribution in [3.8, 4) is 6.07 Å². The number of aryl methyl sites for hydroxylation is 1. The maximum absolute atomic E-state index is 9.88. The number of fused-ring (bicyclic) bond motifs is 1. The Balaban J connectivity index is 1.78. The summed E-state index contributed by atoms with van der Waals surface area (Å²) in [6, 6.07) is 6.45. The first-order valence-corrected chi connectivity index (χ1v) is 11.0.